The lowest BCUT2D eigenvalue weighted by Gasteiger charge is -2.13. The summed E-state index contributed by atoms with van der Waals surface area (Å²) in [5.41, 5.74) is 0.883. The molecule has 0 N–H and O–H groups in total. The Hall–Kier alpha value is -4.58. The van der Waals surface area contributed by atoms with Gasteiger partial charge >= 0.3 is 11.9 Å². The summed E-state index contributed by atoms with van der Waals surface area (Å²) in [6.45, 7) is 0. The number of fused-ring (bicyclic) bond motifs is 1. The summed E-state index contributed by atoms with van der Waals surface area (Å²) in [6, 6.07) is 22.7. The summed E-state index contributed by atoms with van der Waals surface area (Å²) < 4.78 is 10.8. The Labute approximate surface area is 183 Å². The van der Waals surface area contributed by atoms with E-state index in [-0.39, 0.29) is 22.6 Å². The first-order valence-corrected chi connectivity index (χ1v) is 9.67. The highest BCUT2D eigenvalue weighted by Crippen LogP contribution is 2.33. The van der Waals surface area contributed by atoms with Crippen LogP contribution in [0, 0.1) is 0 Å². The third kappa shape index (κ3) is 4.02. The summed E-state index contributed by atoms with van der Waals surface area (Å²) in [7, 11) is 0. The van der Waals surface area contributed by atoms with Crippen molar-refractivity contribution in [2.75, 3.05) is 0 Å². The van der Waals surface area contributed by atoms with Crippen LogP contribution in [0.2, 0.25) is 0 Å². The lowest BCUT2D eigenvalue weighted by molar-refractivity contribution is 0.0722. The first-order valence-electron chi connectivity index (χ1n) is 9.67. The molecule has 0 unspecified atom stereocenters. The van der Waals surface area contributed by atoms with E-state index in [4.69, 9.17) is 9.47 Å². The summed E-state index contributed by atoms with van der Waals surface area (Å²) in [4.78, 5) is 48.5. The van der Waals surface area contributed by atoms with E-state index in [1.165, 1.54) is 12.1 Å². The summed E-state index contributed by atoms with van der Waals surface area (Å²) >= 11 is 0. The summed E-state index contributed by atoms with van der Waals surface area (Å²) in [5.74, 6) is -1.10. The van der Waals surface area contributed by atoms with Gasteiger partial charge in [0.05, 0.1) is 22.3 Å². The topological polar surface area (TPSA) is 86.7 Å². The molecule has 0 saturated carbocycles. The van der Waals surface area contributed by atoms with Crippen LogP contribution in [0.4, 0.5) is 0 Å². The minimum atomic E-state index is -0.614. The van der Waals surface area contributed by atoms with Gasteiger partial charge in [0, 0.05) is 0 Å². The standard InChI is InChI=1S/C26H16O6/c27-15-21-19-12-14-24(32-26(30)18-9-5-2-6-10-18)22(16-28)20(19)11-13-23(21)31-25(29)17-7-3-1-4-8-17/h1-16H. The Morgan fingerprint density at radius 1 is 0.531 bits per heavy atom. The van der Waals surface area contributed by atoms with Gasteiger partial charge in [-0.25, -0.2) is 9.59 Å². The SMILES string of the molecule is O=Cc1c(OC(=O)c2ccccc2)ccc2c(C=O)c(OC(=O)c3ccccc3)ccc12. The number of ether oxygens (including phenoxy) is 2. The molecule has 0 fully saturated rings. The van der Waals surface area contributed by atoms with E-state index >= 15 is 0 Å². The van der Waals surface area contributed by atoms with Gasteiger partial charge in [-0.2, -0.15) is 0 Å². The highest BCUT2D eigenvalue weighted by Gasteiger charge is 2.18. The average Bonchev–Trinajstić information content (AvgIpc) is 2.84. The number of esters is 2. The van der Waals surface area contributed by atoms with Crippen LogP contribution in [0.3, 0.4) is 0 Å². The molecular formula is C26H16O6. The maximum atomic E-state index is 12.4. The second-order valence-corrected chi connectivity index (χ2v) is 6.80. The fraction of sp³-hybridized carbons (Fsp3) is 0. The second-order valence-electron chi connectivity index (χ2n) is 6.80. The van der Waals surface area contributed by atoms with E-state index in [9.17, 15) is 19.2 Å². The smallest absolute Gasteiger partial charge is 0.343 e. The Morgan fingerprint density at radius 3 is 1.25 bits per heavy atom. The Kier molecular flexibility index (Phi) is 5.85. The van der Waals surface area contributed by atoms with Gasteiger partial charge in [-0.15, -0.1) is 0 Å². The zero-order valence-corrected chi connectivity index (χ0v) is 16.7. The second kappa shape index (κ2) is 9.06. The van der Waals surface area contributed by atoms with E-state index in [1.54, 1.807) is 72.8 Å². The van der Waals surface area contributed by atoms with Crippen molar-refractivity contribution in [2.24, 2.45) is 0 Å². The van der Waals surface area contributed by atoms with Crippen LogP contribution in [0.1, 0.15) is 41.4 Å². The summed E-state index contributed by atoms with van der Waals surface area (Å²) in [6.07, 6.45) is 1.11. The molecule has 0 aromatic heterocycles. The molecule has 0 amide bonds. The molecular weight excluding hydrogens is 408 g/mol. The van der Waals surface area contributed by atoms with Gasteiger partial charge in [0.1, 0.15) is 11.5 Å². The van der Waals surface area contributed by atoms with Gasteiger partial charge in [-0.3, -0.25) is 9.59 Å². The number of aldehydes is 2. The zero-order valence-electron chi connectivity index (χ0n) is 16.7. The van der Waals surface area contributed by atoms with E-state index in [2.05, 4.69) is 0 Å². The van der Waals surface area contributed by atoms with E-state index < -0.39 is 11.9 Å². The molecule has 4 rings (SSSR count). The largest absolute Gasteiger partial charge is 0.422 e. The van der Waals surface area contributed by atoms with Crippen LogP contribution >= 0.6 is 0 Å². The zero-order chi connectivity index (χ0) is 22.5. The first kappa shape index (κ1) is 20.7. The van der Waals surface area contributed by atoms with Crippen molar-refractivity contribution in [3.63, 3.8) is 0 Å². The maximum absolute atomic E-state index is 12.4. The van der Waals surface area contributed by atoms with E-state index in [0.29, 0.717) is 34.5 Å². The van der Waals surface area contributed by atoms with Gasteiger partial charge in [0.2, 0.25) is 0 Å². The molecule has 0 saturated heterocycles. The van der Waals surface area contributed by atoms with Crippen molar-refractivity contribution in [1.29, 1.82) is 0 Å². The van der Waals surface area contributed by atoms with Crippen LogP contribution in [0.5, 0.6) is 11.5 Å². The van der Waals surface area contributed by atoms with Crippen LogP contribution in [0.25, 0.3) is 10.8 Å². The normalized spacial score (nSPS) is 10.4. The van der Waals surface area contributed by atoms with Crippen LogP contribution in [-0.2, 0) is 0 Å². The van der Waals surface area contributed by atoms with Gasteiger partial charge in [0.15, 0.2) is 12.6 Å². The lowest BCUT2D eigenvalue weighted by Crippen LogP contribution is -2.11. The van der Waals surface area contributed by atoms with Crippen molar-refractivity contribution in [2.45, 2.75) is 0 Å². The van der Waals surface area contributed by atoms with E-state index in [0.717, 1.165) is 0 Å². The predicted octanol–water partition coefficient (Wildman–Crippen LogP) is 4.90. The summed E-state index contributed by atoms with van der Waals surface area (Å²) in [5, 5.41) is 0.778. The monoisotopic (exact) mass is 424 g/mol. The Morgan fingerprint density at radius 2 is 0.906 bits per heavy atom. The predicted molar refractivity (Wildman–Crippen MR) is 118 cm³/mol. The van der Waals surface area contributed by atoms with Gasteiger partial charge in [-0.1, -0.05) is 36.4 Å². The number of hydrogen-bond acceptors (Lipinski definition) is 6. The highest BCUT2D eigenvalue weighted by atomic mass is 16.5. The molecule has 156 valence electrons. The molecule has 0 heterocycles. The van der Waals surface area contributed by atoms with Crippen LogP contribution < -0.4 is 9.47 Å². The number of hydrogen-bond donors (Lipinski definition) is 0. The van der Waals surface area contributed by atoms with Gasteiger partial charge in [-0.05, 0) is 59.3 Å². The van der Waals surface area contributed by atoms with E-state index in [1.807, 2.05) is 0 Å². The molecule has 0 aliphatic carbocycles. The number of carbonyl (C=O) groups is 4. The number of rotatable bonds is 6. The molecule has 6 heteroatoms. The Balaban J connectivity index is 1.71. The quantitative estimate of drug-likeness (QED) is 0.248. The molecule has 0 aliphatic rings. The molecule has 0 spiro atoms. The molecule has 4 aromatic carbocycles. The molecule has 0 radical (unpaired) electrons. The molecule has 32 heavy (non-hydrogen) atoms. The molecule has 0 bridgehead atoms. The minimum absolute atomic E-state index is 0.0623. The number of carbonyl (C=O) groups excluding carboxylic acids is 4. The fourth-order valence-electron chi connectivity index (χ4n) is 3.30. The minimum Gasteiger partial charge on any atom is -0.422 e. The van der Waals surface area contributed by atoms with Crippen LogP contribution in [-0.4, -0.2) is 24.5 Å². The lowest BCUT2D eigenvalue weighted by atomic mass is 9.99. The molecule has 4 aromatic rings. The van der Waals surface area contributed by atoms with Crippen molar-refractivity contribution in [1.82, 2.24) is 0 Å². The van der Waals surface area contributed by atoms with Crippen molar-refractivity contribution in [3.8, 4) is 11.5 Å². The Bertz CT molecular complexity index is 1220. The van der Waals surface area contributed by atoms with Gasteiger partial charge in [0.25, 0.3) is 0 Å². The fourth-order valence-corrected chi connectivity index (χ4v) is 3.30. The molecule has 0 atom stereocenters. The van der Waals surface area contributed by atoms with Crippen molar-refractivity contribution >= 4 is 35.3 Å². The van der Waals surface area contributed by atoms with Crippen LogP contribution in [0.15, 0.2) is 84.9 Å². The third-order valence-corrected chi connectivity index (χ3v) is 4.86. The first-order chi connectivity index (χ1) is 15.6. The highest BCUT2D eigenvalue weighted by molar-refractivity contribution is 6.09. The average molecular weight is 424 g/mol. The maximum Gasteiger partial charge on any atom is 0.343 e. The van der Waals surface area contributed by atoms with Crippen molar-refractivity contribution < 1.29 is 28.7 Å². The molecule has 6 nitrogen and oxygen atoms in total. The van der Waals surface area contributed by atoms with Crippen molar-refractivity contribution in [3.05, 3.63) is 107 Å². The number of benzene rings is 4. The third-order valence-electron chi connectivity index (χ3n) is 4.86. The van der Waals surface area contributed by atoms with Gasteiger partial charge < -0.3 is 9.47 Å². The molecule has 0 aliphatic heterocycles.